The predicted octanol–water partition coefficient (Wildman–Crippen LogP) is -4.84. The SMILES string of the molecule is COc1cc(/C=C\c2cc(CO)c(OP(=O)([O-])[O-])cc2I)cc(CO)c1CO.[Na+].[Na+]. The quantitative estimate of drug-likeness (QED) is 0.125. The zero-order valence-corrected chi connectivity index (χ0v) is 23.8. The first kappa shape index (κ1) is 30.5. The van der Waals surface area contributed by atoms with E-state index in [0.717, 1.165) is 0 Å². The number of ether oxygens (including phenoxy) is 1. The van der Waals surface area contributed by atoms with Gasteiger partial charge in [0.2, 0.25) is 0 Å². The summed E-state index contributed by atoms with van der Waals surface area (Å²) in [6.07, 6.45) is 3.45. The predicted molar refractivity (Wildman–Crippen MR) is 107 cm³/mol. The summed E-state index contributed by atoms with van der Waals surface area (Å²) in [6, 6.07) is 6.26. The maximum absolute atomic E-state index is 10.9. The monoisotopic (exact) mass is 566 g/mol. The largest absolute Gasteiger partial charge is 1.00 e. The van der Waals surface area contributed by atoms with Crippen molar-refractivity contribution in [1.29, 1.82) is 0 Å². The Balaban J connectivity index is 0.00000420. The molecule has 0 heterocycles. The summed E-state index contributed by atoms with van der Waals surface area (Å²) in [5.74, 6) is 0.221. The molecule has 3 N–H and O–H groups in total. The Labute approximate surface area is 232 Å². The van der Waals surface area contributed by atoms with Crippen LogP contribution in [0.1, 0.15) is 27.8 Å². The topological polar surface area (TPSA) is 142 Å². The third-order valence-corrected chi connectivity index (χ3v) is 5.24. The van der Waals surface area contributed by atoms with Gasteiger partial charge < -0.3 is 38.9 Å². The number of hydrogen-bond donors (Lipinski definition) is 3. The Morgan fingerprint density at radius 1 is 0.967 bits per heavy atom. The second kappa shape index (κ2) is 13.9. The summed E-state index contributed by atoms with van der Waals surface area (Å²) in [6.45, 7) is -1.05. The van der Waals surface area contributed by atoms with Gasteiger partial charge in [-0.25, -0.2) is 0 Å². The van der Waals surface area contributed by atoms with Crippen molar-refractivity contribution >= 4 is 42.6 Å². The number of halogens is 1. The van der Waals surface area contributed by atoms with E-state index in [1.165, 1.54) is 19.2 Å². The third kappa shape index (κ3) is 8.47. The Morgan fingerprint density at radius 2 is 1.60 bits per heavy atom. The van der Waals surface area contributed by atoms with Crippen LogP contribution in [0.15, 0.2) is 24.3 Å². The molecule has 0 aliphatic carbocycles. The van der Waals surface area contributed by atoms with Crippen molar-refractivity contribution in [3.05, 3.63) is 55.7 Å². The molecular weight excluding hydrogens is 548 g/mol. The minimum absolute atomic E-state index is 0. The summed E-state index contributed by atoms with van der Waals surface area (Å²) in [7, 11) is -3.78. The molecule has 0 radical (unpaired) electrons. The van der Waals surface area contributed by atoms with Gasteiger partial charge in [0, 0.05) is 14.7 Å². The van der Waals surface area contributed by atoms with Crippen LogP contribution in [-0.2, 0) is 24.4 Å². The van der Waals surface area contributed by atoms with Crippen molar-refractivity contribution in [2.45, 2.75) is 19.8 Å². The molecule has 12 heteroatoms. The van der Waals surface area contributed by atoms with E-state index in [-0.39, 0.29) is 83.6 Å². The van der Waals surface area contributed by atoms with Gasteiger partial charge in [0.15, 0.2) is 0 Å². The van der Waals surface area contributed by atoms with Crippen molar-refractivity contribution in [2.75, 3.05) is 7.11 Å². The van der Waals surface area contributed by atoms with Gasteiger partial charge in [-0.1, -0.05) is 12.2 Å². The number of aliphatic hydroxyl groups is 3. The smallest absolute Gasteiger partial charge is 0.780 e. The second-order valence-electron chi connectivity index (χ2n) is 5.69. The van der Waals surface area contributed by atoms with Crippen LogP contribution in [-0.4, -0.2) is 22.4 Å². The zero-order chi connectivity index (χ0) is 20.9. The Bertz CT molecular complexity index is 908. The third-order valence-electron chi connectivity index (χ3n) is 3.89. The molecule has 2 aromatic carbocycles. The van der Waals surface area contributed by atoms with E-state index in [4.69, 9.17) is 4.74 Å². The minimum Gasteiger partial charge on any atom is -0.780 e. The molecule has 0 saturated carbocycles. The van der Waals surface area contributed by atoms with E-state index in [1.807, 2.05) is 22.6 Å². The summed E-state index contributed by atoms with van der Waals surface area (Å²) in [5.41, 5.74) is 2.53. The van der Waals surface area contributed by atoms with Crippen molar-refractivity contribution < 1.29 is 98.0 Å². The molecule has 0 bridgehead atoms. The van der Waals surface area contributed by atoms with Crippen molar-refractivity contribution in [3.8, 4) is 11.5 Å². The van der Waals surface area contributed by atoms with Crippen LogP contribution in [0.25, 0.3) is 12.2 Å². The van der Waals surface area contributed by atoms with Crippen molar-refractivity contribution in [3.63, 3.8) is 0 Å². The van der Waals surface area contributed by atoms with E-state index in [1.54, 1.807) is 24.3 Å². The fraction of sp³-hybridized carbons (Fsp3) is 0.222. The van der Waals surface area contributed by atoms with Crippen LogP contribution in [0.4, 0.5) is 0 Å². The molecule has 8 nitrogen and oxygen atoms in total. The Hall–Kier alpha value is 0.540. The van der Waals surface area contributed by atoms with E-state index in [2.05, 4.69) is 4.52 Å². The van der Waals surface area contributed by atoms with E-state index < -0.39 is 14.4 Å². The summed E-state index contributed by atoms with van der Waals surface area (Å²) >= 11 is 1.95. The number of phosphoric acid groups is 1. The number of benzene rings is 2. The number of aliphatic hydroxyl groups excluding tert-OH is 3. The second-order valence-corrected chi connectivity index (χ2v) is 7.93. The fourth-order valence-corrected chi connectivity index (χ4v) is 3.62. The molecule has 0 saturated heterocycles. The first-order valence-corrected chi connectivity index (χ1v) is 10.5. The molecule has 30 heavy (non-hydrogen) atoms. The number of phosphoric ester groups is 1. The van der Waals surface area contributed by atoms with Gasteiger partial charge >= 0.3 is 59.1 Å². The maximum atomic E-state index is 10.9. The molecule has 152 valence electrons. The van der Waals surface area contributed by atoms with Crippen LogP contribution in [0.5, 0.6) is 11.5 Å². The van der Waals surface area contributed by atoms with Crippen LogP contribution < -0.4 is 78.2 Å². The fourth-order valence-electron chi connectivity index (χ4n) is 2.59. The molecular formula is C18H18INa2O8P. The van der Waals surface area contributed by atoms with E-state index in [0.29, 0.717) is 31.6 Å². The number of methoxy groups -OCH3 is 1. The molecule has 0 amide bonds. The van der Waals surface area contributed by atoms with Crippen molar-refractivity contribution in [2.24, 2.45) is 0 Å². The first-order chi connectivity index (χ1) is 13.2. The van der Waals surface area contributed by atoms with Gasteiger partial charge in [0.05, 0.1) is 26.9 Å². The summed E-state index contributed by atoms with van der Waals surface area (Å²) in [4.78, 5) is 21.7. The summed E-state index contributed by atoms with van der Waals surface area (Å²) in [5, 5.41) is 28.4. The van der Waals surface area contributed by atoms with Gasteiger partial charge in [0.1, 0.15) is 19.3 Å². The van der Waals surface area contributed by atoms with E-state index in [9.17, 15) is 29.7 Å². The molecule has 0 fully saturated rings. The Kier molecular flexibility index (Phi) is 14.2. The molecule has 0 aliphatic rings. The standard InChI is InChI=1S/C18H20IO8P.2Na/c1-26-18-5-11(4-13(8-20)15(18)10-22)2-3-12-6-14(9-21)17(7-16(12)19)27-28(23,24)25;;/h2-7,20-22H,8-10H2,1H3,(H2,23,24,25);;/q;2*+1/p-2/b3-2-;;. The zero-order valence-electron chi connectivity index (χ0n) is 16.8. The minimum atomic E-state index is -5.24. The average molecular weight is 566 g/mol. The maximum Gasteiger partial charge on any atom is 1.00 e. The van der Waals surface area contributed by atoms with Crippen LogP contribution >= 0.6 is 30.4 Å². The molecule has 0 aromatic heterocycles. The summed E-state index contributed by atoms with van der Waals surface area (Å²) < 4.78 is 21.1. The molecule has 0 atom stereocenters. The van der Waals surface area contributed by atoms with Gasteiger partial charge in [-0.3, -0.25) is 0 Å². The van der Waals surface area contributed by atoms with Crippen molar-refractivity contribution in [1.82, 2.24) is 0 Å². The van der Waals surface area contributed by atoms with Crippen LogP contribution in [0, 0.1) is 3.57 Å². The molecule has 0 spiro atoms. The van der Waals surface area contributed by atoms with E-state index >= 15 is 0 Å². The van der Waals surface area contributed by atoms with Crippen LogP contribution in [0.2, 0.25) is 0 Å². The molecule has 0 aliphatic heterocycles. The van der Waals surface area contributed by atoms with Crippen LogP contribution in [0.3, 0.4) is 0 Å². The molecule has 2 aromatic rings. The van der Waals surface area contributed by atoms with Gasteiger partial charge in [-0.2, -0.15) is 0 Å². The molecule has 2 rings (SSSR count). The Morgan fingerprint density at radius 3 is 2.10 bits per heavy atom. The first-order valence-electron chi connectivity index (χ1n) is 7.97. The average Bonchev–Trinajstić information content (AvgIpc) is 2.65. The number of rotatable bonds is 8. The van der Waals surface area contributed by atoms with Gasteiger partial charge in [-0.15, -0.1) is 0 Å². The van der Waals surface area contributed by atoms with Gasteiger partial charge in [-0.05, 0) is 63.5 Å². The normalized spacial score (nSPS) is 11.0. The number of hydrogen-bond acceptors (Lipinski definition) is 8. The molecule has 0 unspecified atom stereocenters. The van der Waals surface area contributed by atoms with Gasteiger partial charge in [0.25, 0.3) is 0 Å².